The molecule has 158 valence electrons. The average Bonchev–Trinajstić information content (AvgIpc) is 3.46. The summed E-state index contributed by atoms with van der Waals surface area (Å²) in [7, 11) is 0. The number of likely N-dealkylation sites (tertiary alicyclic amines) is 1. The molecule has 1 aliphatic rings. The Morgan fingerprint density at radius 3 is 2.74 bits per heavy atom. The van der Waals surface area contributed by atoms with Crippen LogP contribution in [0, 0.1) is 5.82 Å². The summed E-state index contributed by atoms with van der Waals surface area (Å²) in [6.45, 7) is 3.10. The van der Waals surface area contributed by atoms with E-state index in [-0.39, 0.29) is 5.82 Å². The number of aromatic amines is 1. The van der Waals surface area contributed by atoms with Crippen LogP contribution in [-0.2, 0) is 13.1 Å². The van der Waals surface area contributed by atoms with Crippen molar-refractivity contribution in [1.82, 2.24) is 40.3 Å². The molecule has 0 saturated carbocycles. The highest BCUT2D eigenvalue weighted by Crippen LogP contribution is 2.33. The third kappa shape index (κ3) is 4.36. The lowest BCUT2D eigenvalue weighted by molar-refractivity contribution is 0.191. The Bertz CT molecular complexity index is 1120. The van der Waals surface area contributed by atoms with Gasteiger partial charge in [0.25, 0.3) is 0 Å². The molecule has 3 aromatic heterocycles. The van der Waals surface area contributed by atoms with Crippen LogP contribution in [0.15, 0.2) is 55.0 Å². The van der Waals surface area contributed by atoms with Gasteiger partial charge >= 0.3 is 0 Å². The fraction of sp³-hybridized carbons (Fsp3) is 0.318. The first-order valence-electron chi connectivity index (χ1n) is 10.4. The SMILES string of the molecule is Fc1ccc(Cn2nnnc2CN2CCCC(c3[nH]ncc3-c3ccncc3)C2)cc1. The lowest BCUT2D eigenvalue weighted by atomic mass is 9.91. The van der Waals surface area contributed by atoms with E-state index in [0.29, 0.717) is 19.0 Å². The Morgan fingerprint density at radius 1 is 1.06 bits per heavy atom. The van der Waals surface area contributed by atoms with E-state index >= 15 is 0 Å². The first kappa shape index (κ1) is 19.5. The first-order valence-corrected chi connectivity index (χ1v) is 10.4. The van der Waals surface area contributed by atoms with Gasteiger partial charge in [-0.15, -0.1) is 5.10 Å². The number of rotatable bonds is 6. The van der Waals surface area contributed by atoms with Gasteiger partial charge in [0.1, 0.15) is 5.82 Å². The van der Waals surface area contributed by atoms with E-state index in [1.165, 1.54) is 17.8 Å². The molecule has 1 atom stereocenters. The zero-order valence-electron chi connectivity index (χ0n) is 17.0. The molecule has 5 rings (SSSR count). The van der Waals surface area contributed by atoms with Crippen LogP contribution in [-0.4, -0.2) is 53.4 Å². The van der Waals surface area contributed by atoms with Gasteiger partial charge in [-0.3, -0.25) is 15.0 Å². The third-order valence-electron chi connectivity index (χ3n) is 5.79. The van der Waals surface area contributed by atoms with E-state index in [0.717, 1.165) is 48.4 Å². The van der Waals surface area contributed by atoms with Gasteiger partial charge in [-0.1, -0.05) is 12.1 Å². The van der Waals surface area contributed by atoms with Crippen molar-refractivity contribution in [1.29, 1.82) is 0 Å². The fourth-order valence-corrected chi connectivity index (χ4v) is 4.23. The summed E-state index contributed by atoms with van der Waals surface area (Å²) in [5.41, 5.74) is 4.39. The summed E-state index contributed by atoms with van der Waals surface area (Å²) >= 11 is 0. The van der Waals surface area contributed by atoms with Gasteiger partial charge in [0.05, 0.1) is 19.3 Å². The minimum absolute atomic E-state index is 0.245. The Hall–Kier alpha value is -3.46. The molecule has 4 heterocycles. The van der Waals surface area contributed by atoms with Crippen LogP contribution in [0.2, 0.25) is 0 Å². The van der Waals surface area contributed by atoms with Crippen LogP contribution in [0.1, 0.15) is 35.8 Å². The number of halogens is 1. The zero-order valence-corrected chi connectivity index (χ0v) is 17.0. The molecule has 0 amide bonds. The second-order valence-corrected chi connectivity index (χ2v) is 7.89. The van der Waals surface area contributed by atoms with Crippen molar-refractivity contribution in [2.75, 3.05) is 13.1 Å². The van der Waals surface area contributed by atoms with Crippen molar-refractivity contribution >= 4 is 0 Å². The molecule has 1 N–H and O–H groups in total. The molecule has 0 bridgehead atoms. The van der Waals surface area contributed by atoms with E-state index in [4.69, 9.17) is 0 Å². The molecule has 1 aliphatic heterocycles. The highest BCUT2D eigenvalue weighted by Gasteiger charge is 2.26. The average molecular weight is 418 g/mol. The zero-order chi connectivity index (χ0) is 21.0. The molecule has 1 fully saturated rings. The van der Waals surface area contributed by atoms with Crippen molar-refractivity contribution in [2.45, 2.75) is 31.8 Å². The van der Waals surface area contributed by atoms with E-state index in [2.05, 4.69) is 35.6 Å². The molecular weight excluding hydrogens is 395 g/mol. The van der Waals surface area contributed by atoms with Crippen LogP contribution >= 0.6 is 0 Å². The highest BCUT2D eigenvalue weighted by molar-refractivity contribution is 5.65. The van der Waals surface area contributed by atoms with E-state index in [1.807, 2.05) is 18.3 Å². The van der Waals surface area contributed by atoms with Gasteiger partial charge in [-0.2, -0.15) is 5.10 Å². The van der Waals surface area contributed by atoms with Gasteiger partial charge < -0.3 is 0 Å². The van der Waals surface area contributed by atoms with Gasteiger partial charge in [0.2, 0.25) is 0 Å². The van der Waals surface area contributed by atoms with Crippen molar-refractivity contribution in [2.24, 2.45) is 0 Å². The third-order valence-corrected chi connectivity index (χ3v) is 5.79. The summed E-state index contributed by atoms with van der Waals surface area (Å²) < 4.78 is 15.0. The van der Waals surface area contributed by atoms with E-state index in [1.54, 1.807) is 29.2 Å². The number of aromatic nitrogens is 7. The molecule has 4 aromatic rings. The summed E-state index contributed by atoms with van der Waals surface area (Å²) in [5.74, 6) is 0.926. The minimum atomic E-state index is -0.245. The smallest absolute Gasteiger partial charge is 0.165 e. The molecule has 0 radical (unpaired) electrons. The van der Waals surface area contributed by atoms with Crippen LogP contribution in [0.5, 0.6) is 0 Å². The quantitative estimate of drug-likeness (QED) is 0.518. The molecular formula is C22H23FN8. The minimum Gasteiger partial charge on any atom is -0.295 e. The number of piperidine rings is 1. The summed E-state index contributed by atoms with van der Waals surface area (Å²) in [6, 6.07) is 10.5. The lowest BCUT2D eigenvalue weighted by Crippen LogP contribution is -2.35. The predicted molar refractivity (Wildman–Crippen MR) is 112 cm³/mol. The van der Waals surface area contributed by atoms with Gasteiger partial charge in [0, 0.05) is 36.1 Å². The number of nitrogens with one attached hydrogen (secondary N) is 1. The Balaban J connectivity index is 1.29. The summed E-state index contributed by atoms with van der Waals surface area (Å²) in [6.07, 6.45) is 7.71. The van der Waals surface area contributed by atoms with Gasteiger partial charge in [0.15, 0.2) is 5.82 Å². The molecule has 0 aliphatic carbocycles. The molecule has 8 nitrogen and oxygen atoms in total. The monoisotopic (exact) mass is 418 g/mol. The fourth-order valence-electron chi connectivity index (χ4n) is 4.23. The second kappa shape index (κ2) is 8.73. The number of H-pyrrole nitrogens is 1. The van der Waals surface area contributed by atoms with Crippen LogP contribution < -0.4 is 0 Å². The number of pyridine rings is 1. The highest BCUT2D eigenvalue weighted by atomic mass is 19.1. The van der Waals surface area contributed by atoms with Crippen molar-refractivity contribution in [3.8, 4) is 11.1 Å². The summed E-state index contributed by atoms with van der Waals surface area (Å²) in [5, 5.41) is 19.8. The molecule has 1 saturated heterocycles. The standard InChI is InChI=1S/C22H23FN8/c23-19-5-3-16(4-6-19)13-31-21(26-28-29-31)15-30-11-1-2-18(14-30)22-20(12-25-27-22)17-7-9-24-10-8-17/h3-10,12,18H,1-2,11,13-15H2,(H,25,27). The maximum absolute atomic E-state index is 13.2. The van der Waals surface area contributed by atoms with Crippen molar-refractivity contribution in [3.05, 3.63) is 77.9 Å². The maximum Gasteiger partial charge on any atom is 0.165 e. The van der Waals surface area contributed by atoms with E-state index < -0.39 is 0 Å². The van der Waals surface area contributed by atoms with Crippen LogP contribution in [0.4, 0.5) is 4.39 Å². The van der Waals surface area contributed by atoms with Gasteiger partial charge in [-0.25, -0.2) is 9.07 Å². The molecule has 0 spiro atoms. The number of hydrogen-bond acceptors (Lipinski definition) is 6. The lowest BCUT2D eigenvalue weighted by Gasteiger charge is -2.32. The largest absolute Gasteiger partial charge is 0.295 e. The topological polar surface area (TPSA) is 88.4 Å². The number of benzene rings is 1. The first-order chi connectivity index (χ1) is 15.3. The summed E-state index contributed by atoms with van der Waals surface area (Å²) in [4.78, 5) is 6.50. The normalized spacial score (nSPS) is 17.1. The maximum atomic E-state index is 13.2. The molecule has 31 heavy (non-hydrogen) atoms. The second-order valence-electron chi connectivity index (χ2n) is 7.89. The number of hydrogen-bond donors (Lipinski definition) is 1. The predicted octanol–water partition coefficient (Wildman–Crippen LogP) is 3.03. The number of nitrogens with zero attached hydrogens (tertiary/aromatic N) is 7. The Labute approximate surface area is 179 Å². The molecule has 1 unspecified atom stereocenters. The van der Waals surface area contributed by atoms with Crippen molar-refractivity contribution in [3.63, 3.8) is 0 Å². The Kier molecular flexibility index (Phi) is 5.49. The van der Waals surface area contributed by atoms with Crippen LogP contribution in [0.25, 0.3) is 11.1 Å². The van der Waals surface area contributed by atoms with Crippen molar-refractivity contribution < 1.29 is 4.39 Å². The molecule has 1 aromatic carbocycles. The van der Waals surface area contributed by atoms with Crippen LogP contribution in [0.3, 0.4) is 0 Å². The van der Waals surface area contributed by atoms with Gasteiger partial charge in [-0.05, 0) is 65.2 Å². The number of tetrazole rings is 1. The molecule has 9 heteroatoms. The Morgan fingerprint density at radius 2 is 1.90 bits per heavy atom. The van der Waals surface area contributed by atoms with E-state index in [9.17, 15) is 4.39 Å².